The predicted molar refractivity (Wildman–Crippen MR) is 90.8 cm³/mol. The van der Waals surface area contributed by atoms with E-state index >= 15 is 0 Å². The van der Waals surface area contributed by atoms with Crippen LogP contribution in [0.15, 0.2) is 16.8 Å². The van der Waals surface area contributed by atoms with E-state index in [0.717, 1.165) is 49.8 Å². The highest BCUT2D eigenvalue weighted by molar-refractivity contribution is 7.07. The molecule has 0 saturated carbocycles. The van der Waals surface area contributed by atoms with Crippen molar-refractivity contribution < 1.29 is 9.53 Å². The van der Waals surface area contributed by atoms with E-state index in [9.17, 15) is 4.79 Å². The van der Waals surface area contributed by atoms with Crippen LogP contribution in [-0.4, -0.2) is 51.8 Å². The Morgan fingerprint density at radius 2 is 2.46 bits per heavy atom. The first-order chi connectivity index (χ1) is 11.7. The van der Waals surface area contributed by atoms with Crippen LogP contribution in [0.3, 0.4) is 0 Å². The summed E-state index contributed by atoms with van der Waals surface area (Å²) in [4.78, 5) is 18.9. The topological polar surface area (TPSA) is 71.1 Å². The summed E-state index contributed by atoms with van der Waals surface area (Å²) in [5.41, 5.74) is 1.12. The molecule has 4 rings (SSSR count). The van der Waals surface area contributed by atoms with Crippen molar-refractivity contribution in [3.63, 3.8) is 0 Å². The average Bonchev–Trinajstić information content (AvgIpc) is 3.30. The molecule has 0 radical (unpaired) electrons. The number of ether oxygens (including phenoxy) is 1. The van der Waals surface area contributed by atoms with Gasteiger partial charge < -0.3 is 9.64 Å². The minimum atomic E-state index is 0.180. The summed E-state index contributed by atoms with van der Waals surface area (Å²) >= 11 is 1.64. The Bertz CT molecular complexity index is 699. The second kappa shape index (κ2) is 6.64. The highest BCUT2D eigenvalue weighted by atomic mass is 32.1. The van der Waals surface area contributed by atoms with Crippen molar-refractivity contribution in [2.24, 2.45) is 11.8 Å². The molecule has 2 aromatic rings. The van der Waals surface area contributed by atoms with E-state index in [0.29, 0.717) is 18.3 Å². The number of piperidine rings is 1. The lowest BCUT2D eigenvalue weighted by molar-refractivity contribution is -0.132. The van der Waals surface area contributed by atoms with E-state index < -0.39 is 0 Å². The fourth-order valence-electron chi connectivity index (χ4n) is 3.86. The van der Waals surface area contributed by atoms with Crippen LogP contribution in [0.1, 0.15) is 23.6 Å². The third-order valence-corrected chi connectivity index (χ3v) is 5.84. The molecule has 2 aromatic heterocycles. The summed E-state index contributed by atoms with van der Waals surface area (Å²) < 4.78 is 6.02. The molecule has 2 aliphatic rings. The number of nitrogens with one attached hydrogen (secondary N) is 1. The Balaban J connectivity index is 1.34. The van der Waals surface area contributed by atoms with Crippen molar-refractivity contribution >= 4 is 17.2 Å². The monoisotopic (exact) mass is 346 g/mol. The minimum absolute atomic E-state index is 0.180. The molecule has 0 aliphatic carbocycles. The largest absolute Gasteiger partial charge is 0.377 e. The van der Waals surface area contributed by atoms with Gasteiger partial charge in [0, 0.05) is 25.4 Å². The van der Waals surface area contributed by atoms with Gasteiger partial charge in [0.2, 0.25) is 5.91 Å². The second-order valence-corrected chi connectivity index (χ2v) is 7.55. The maximum atomic E-state index is 12.5. The van der Waals surface area contributed by atoms with Gasteiger partial charge in [-0.2, -0.15) is 16.4 Å². The lowest BCUT2D eigenvalue weighted by Gasteiger charge is -2.35. The molecule has 24 heavy (non-hydrogen) atoms. The standard InChI is InChI=1S/C17H22N4O2S/c1-11-18-16(20-19-11)7-15-14-2-4-21(8-13(14)9-23-15)17(22)6-12-3-5-24-10-12/h3,5,10,13-15H,2,4,6-9H2,1H3,(H,18,19,20)/t13-,14-,15-/m1/s1. The van der Waals surface area contributed by atoms with Gasteiger partial charge in [-0.15, -0.1) is 0 Å². The molecule has 0 spiro atoms. The molecule has 0 bridgehead atoms. The van der Waals surface area contributed by atoms with E-state index in [1.165, 1.54) is 0 Å². The number of thiophene rings is 1. The van der Waals surface area contributed by atoms with Crippen LogP contribution in [0.2, 0.25) is 0 Å². The van der Waals surface area contributed by atoms with Crippen molar-refractivity contribution in [1.82, 2.24) is 20.1 Å². The third-order valence-electron chi connectivity index (χ3n) is 5.11. The van der Waals surface area contributed by atoms with Crippen molar-refractivity contribution in [1.29, 1.82) is 0 Å². The third kappa shape index (κ3) is 3.23. The van der Waals surface area contributed by atoms with Crippen molar-refractivity contribution in [3.8, 4) is 0 Å². The molecular formula is C17H22N4O2S. The first kappa shape index (κ1) is 15.8. The van der Waals surface area contributed by atoms with Crippen LogP contribution in [0.5, 0.6) is 0 Å². The van der Waals surface area contributed by atoms with E-state index in [-0.39, 0.29) is 12.0 Å². The van der Waals surface area contributed by atoms with Gasteiger partial charge in [0.25, 0.3) is 0 Å². The highest BCUT2D eigenvalue weighted by Gasteiger charge is 2.42. The summed E-state index contributed by atoms with van der Waals surface area (Å²) in [7, 11) is 0. The number of hydrogen-bond acceptors (Lipinski definition) is 5. The van der Waals surface area contributed by atoms with Crippen LogP contribution in [0, 0.1) is 18.8 Å². The van der Waals surface area contributed by atoms with Gasteiger partial charge in [-0.1, -0.05) is 0 Å². The number of amides is 1. The highest BCUT2D eigenvalue weighted by Crippen LogP contribution is 2.35. The predicted octanol–water partition coefficient (Wildman–Crippen LogP) is 1.82. The average molecular weight is 346 g/mol. The van der Waals surface area contributed by atoms with Gasteiger partial charge in [-0.25, -0.2) is 4.98 Å². The summed E-state index contributed by atoms with van der Waals surface area (Å²) in [5, 5.41) is 11.2. The summed E-state index contributed by atoms with van der Waals surface area (Å²) in [6, 6.07) is 2.03. The van der Waals surface area contributed by atoms with Crippen molar-refractivity contribution in [3.05, 3.63) is 34.0 Å². The number of aromatic amines is 1. The zero-order valence-corrected chi connectivity index (χ0v) is 14.6. The van der Waals surface area contributed by atoms with Crippen molar-refractivity contribution in [2.75, 3.05) is 19.7 Å². The number of likely N-dealkylation sites (tertiary alicyclic amines) is 1. The second-order valence-electron chi connectivity index (χ2n) is 6.77. The first-order valence-electron chi connectivity index (χ1n) is 8.47. The van der Waals surface area contributed by atoms with Crippen LogP contribution < -0.4 is 0 Å². The van der Waals surface area contributed by atoms with E-state index in [4.69, 9.17) is 4.74 Å². The molecule has 128 valence electrons. The number of aromatic nitrogens is 3. The Hall–Kier alpha value is -1.73. The number of nitrogens with zero attached hydrogens (tertiary/aromatic N) is 3. The summed E-state index contributed by atoms with van der Waals surface area (Å²) in [5.74, 6) is 2.85. The SMILES string of the molecule is Cc1nc(C[C@H]2OC[C@H]3CN(C(=O)Cc4ccsc4)CC[C@H]32)n[nH]1. The smallest absolute Gasteiger partial charge is 0.227 e. The molecule has 4 heterocycles. The Kier molecular flexibility index (Phi) is 4.37. The number of rotatable bonds is 4. The minimum Gasteiger partial charge on any atom is -0.377 e. The molecule has 2 fully saturated rings. The zero-order chi connectivity index (χ0) is 16.5. The maximum Gasteiger partial charge on any atom is 0.227 e. The molecule has 1 N–H and O–H groups in total. The first-order valence-corrected chi connectivity index (χ1v) is 9.41. The number of aryl methyl sites for hydroxylation is 1. The molecule has 2 saturated heterocycles. The fourth-order valence-corrected chi connectivity index (χ4v) is 4.53. The van der Waals surface area contributed by atoms with Crippen LogP contribution in [0.25, 0.3) is 0 Å². The molecule has 0 aromatic carbocycles. The number of carbonyl (C=O) groups excluding carboxylic acids is 1. The van der Waals surface area contributed by atoms with Gasteiger partial charge in [0.15, 0.2) is 5.82 Å². The fraction of sp³-hybridized carbons (Fsp3) is 0.588. The van der Waals surface area contributed by atoms with Crippen LogP contribution in [-0.2, 0) is 22.4 Å². The molecule has 3 atom stereocenters. The van der Waals surface area contributed by atoms with Gasteiger partial charge >= 0.3 is 0 Å². The van der Waals surface area contributed by atoms with Crippen LogP contribution in [0.4, 0.5) is 0 Å². The number of fused-ring (bicyclic) bond motifs is 1. The quantitative estimate of drug-likeness (QED) is 0.917. The van der Waals surface area contributed by atoms with E-state index in [1.807, 2.05) is 23.3 Å². The normalized spacial score (nSPS) is 26.5. The van der Waals surface area contributed by atoms with E-state index in [2.05, 4.69) is 20.6 Å². The number of H-pyrrole nitrogens is 1. The molecule has 7 heteroatoms. The number of carbonyl (C=O) groups is 1. The molecule has 0 unspecified atom stereocenters. The van der Waals surface area contributed by atoms with Gasteiger partial charge in [0.05, 0.1) is 19.1 Å². The Labute approximate surface area is 145 Å². The molecule has 1 amide bonds. The molecule has 6 nitrogen and oxygen atoms in total. The maximum absolute atomic E-state index is 12.5. The van der Waals surface area contributed by atoms with Gasteiger partial charge in [-0.3, -0.25) is 9.89 Å². The lowest BCUT2D eigenvalue weighted by atomic mass is 9.83. The van der Waals surface area contributed by atoms with Crippen LogP contribution >= 0.6 is 11.3 Å². The van der Waals surface area contributed by atoms with Crippen molar-refractivity contribution in [2.45, 2.75) is 32.3 Å². The van der Waals surface area contributed by atoms with Gasteiger partial charge in [0.1, 0.15) is 5.82 Å². The Morgan fingerprint density at radius 1 is 1.54 bits per heavy atom. The lowest BCUT2D eigenvalue weighted by Crippen LogP contribution is -2.45. The molecular weight excluding hydrogens is 324 g/mol. The molecule has 2 aliphatic heterocycles. The van der Waals surface area contributed by atoms with Gasteiger partial charge in [-0.05, 0) is 41.7 Å². The number of hydrogen-bond donors (Lipinski definition) is 1. The zero-order valence-electron chi connectivity index (χ0n) is 13.8. The Morgan fingerprint density at radius 3 is 3.21 bits per heavy atom. The summed E-state index contributed by atoms with van der Waals surface area (Å²) in [6.45, 7) is 4.29. The summed E-state index contributed by atoms with van der Waals surface area (Å²) in [6.07, 6.45) is 2.46. The van der Waals surface area contributed by atoms with E-state index in [1.54, 1.807) is 11.3 Å².